The quantitative estimate of drug-likeness (QED) is 0.726. The second-order valence-corrected chi connectivity index (χ2v) is 10.0. The third-order valence-electron chi connectivity index (χ3n) is 3.92. The van der Waals surface area contributed by atoms with Gasteiger partial charge in [0.05, 0.1) is 5.25 Å². The van der Waals surface area contributed by atoms with E-state index in [1.165, 1.54) is 4.90 Å². The van der Waals surface area contributed by atoms with Gasteiger partial charge in [0.2, 0.25) is 5.91 Å². The summed E-state index contributed by atoms with van der Waals surface area (Å²) in [6.45, 7) is 10.3. The van der Waals surface area contributed by atoms with Gasteiger partial charge in [-0.25, -0.2) is 13.2 Å². The number of ether oxygens (including phenoxy) is 1. The van der Waals surface area contributed by atoms with Gasteiger partial charge in [-0.2, -0.15) is 0 Å². The fourth-order valence-electron chi connectivity index (χ4n) is 2.63. The molecule has 0 bridgehead atoms. The van der Waals surface area contributed by atoms with E-state index in [-0.39, 0.29) is 6.04 Å². The lowest BCUT2D eigenvalue weighted by Gasteiger charge is -2.40. The minimum Gasteiger partial charge on any atom is -0.458 e. The van der Waals surface area contributed by atoms with Crippen LogP contribution in [-0.2, 0) is 24.2 Å². The maximum Gasteiger partial charge on any atom is 0.329 e. The molecular formula is C16H29NO5S. The molecule has 1 aliphatic heterocycles. The van der Waals surface area contributed by atoms with Crippen LogP contribution >= 0.6 is 0 Å². The monoisotopic (exact) mass is 347 g/mol. The maximum atomic E-state index is 12.5. The Hall–Kier alpha value is -1.11. The van der Waals surface area contributed by atoms with Gasteiger partial charge in [0.25, 0.3) is 0 Å². The molecule has 0 aromatic carbocycles. The van der Waals surface area contributed by atoms with Crippen molar-refractivity contribution >= 4 is 21.7 Å². The molecule has 0 N–H and O–H groups in total. The molecule has 7 heteroatoms. The minimum absolute atomic E-state index is 0.170. The summed E-state index contributed by atoms with van der Waals surface area (Å²) >= 11 is 0. The third-order valence-corrected chi connectivity index (χ3v) is 6.01. The normalized spacial score (nSPS) is 23.0. The van der Waals surface area contributed by atoms with E-state index in [0.29, 0.717) is 6.42 Å². The lowest BCUT2D eigenvalue weighted by Crippen LogP contribution is -2.55. The van der Waals surface area contributed by atoms with Gasteiger partial charge in [-0.1, -0.05) is 0 Å². The number of nitrogens with zero attached hydrogens (tertiary/aromatic N) is 1. The molecule has 0 saturated carbocycles. The van der Waals surface area contributed by atoms with E-state index in [1.54, 1.807) is 34.6 Å². The second kappa shape index (κ2) is 7.20. The SMILES string of the molecule is CC(C)S(=O)(=O)CC(=O)N1[C@@H](C)CCC[C@H]1C(=O)OC(C)(C)C. The molecule has 1 heterocycles. The van der Waals surface area contributed by atoms with E-state index in [4.69, 9.17) is 4.74 Å². The van der Waals surface area contributed by atoms with Crippen LogP contribution in [-0.4, -0.2) is 53.9 Å². The summed E-state index contributed by atoms with van der Waals surface area (Å²) < 4.78 is 29.5. The Morgan fingerprint density at radius 3 is 2.26 bits per heavy atom. The number of amides is 1. The molecule has 0 unspecified atom stereocenters. The van der Waals surface area contributed by atoms with E-state index < -0.39 is 44.4 Å². The zero-order chi connectivity index (χ0) is 18.0. The van der Waals surface area contributed by atoms with E-state index in [0.717, 1.165) is 12.8 Å². The van der Waals surface area contributed by atoms with Crippen LogP contribution in [0.3, 0.4) is 0 Å². The lowest BCUT2D eigenvalue weighted by atomic mass is 9.96. The van der Waals surface area contributed by atoms with Crippen molar-refractivity contribution in [1.29, 1.82) is 0 Å². The molecule has 0 radical (unpaired) electrons. The molecule has 1 aliphatic rings. The molecule has 134 valence electrons. The average Bonchev–Trinajstić information content (AvgIpc) is 2.35. The number of carbonyl (C=O) groups is 2. The molecule has 0 aromatic rings. The summed E-state index contributed by atoms with van der Waals surface area (Å²) in [6.07, 6.45) is 2.07. The predicted molar refractivity (Wildman–Crippen MR) is 88.7 cm³/mol. The molecule has 1 fully saturated rings. The van der Waals surface area contributed by atoms with Crippen molar-refractivity contribution in [3.8, 4) is 0 Å². The van der Waals surface area contributed by atoms with E-state index >= 15 is 0 Å². The van der Waals surface area contributed by atoms with Crippen LogP contribution in [0.25, 0.3) is 0 Å². The van der Waals surface area contributed by atoms with Crippen LogP contribution in [0.1, 0.15) is 60.8 Å². The van der Waals surface area contributed by atoms with Crippen LogP contribution in [0.15, 0.2) is 0 Å². The third kappa shape index (κ3) is 5.48. The molecule has 1 saturated heterocycles. The smallest absolute Gasteiger partial charge is 0.329 e. The second-order valence-electron chi connectivity index (χ2n) is 7.49. The van der Waals surface area contributed by atoms with Crippen molar-refractivity contribution in [2.45, 2.75) is 83.7 Å². The standard InChI is InChI=1S/C16H29NO5S/c1-11(2)23(20,21)10-14(18)17-12(3)8-7-9-13(17)15(19)22-16(4,5)6/h11-13H,7-10H2,1-6H3/t12-,13-/m0/s1. The first kappa shape index (κ1) is 19.9. The predicted octanol–water partition coefficient (Wildman–Crippen LogP) is 1.92. The number of rotatable bonds is 4. The summed E-state index contributed by atoms with van der Waals surface area (Å²) in [6, 6.07) is -0.871. The zero-order valence-electron chi connectivity index (χ0n) is 15.0. The summed E-state index contributed by atoms with van der Waals surface area (Å²) in [5.74, 6) is -1.53. The van der Waals surface area contributed by atoms with E-state index in [1.807, 2.05) is 6.92 Å². The summed E-state index contributed by atoms with van der Waals surface area (Å²) in [5.41, 5.74) is -0.642. The molecule has 0 aromatic heterocycles. The van der Waals surface area contributed by atoms with Crippen LogP contribution in [0, 0.1) is 0 Å². The fourth-order valence-corrected chi connectivity index (χ4v) is 3.45. The first-order chi connectivity index (χ1) is 10.3. The average molecular weight is 347 g/mol. The number of sulfone groups is 1. The Balaban J connectivity index is 2.97. The zero-order valence-corrected chi connectivity index (χ0v) is 15.8. The van der Waals surface area contributed by atoms with Crippen molar-refractivity contribution < 1.29 is 22.7 Å². The number of esters is 1. The molecule has 0 spiro atoms. The molecule has 6 nitrogen and oxygen atoms in total. The number of hydrogen-bond acceptors (Lipinski definition) is 5. The molecule has 1 rings (SSSR count). The fraction of sp³-hybridized carbons (Fsp3) is 0.875. The molecule has 2 atom stereocenters. The molecule has 23 heavy (non-hydrogen) atoms. The number of hydrogen-bond donors (Lipinski definition) is 0. The highest BCUT2D eigenvalue weighted by Gasteiger charge is 2.39. The molecular weight excluding hydrogens is 318 g/mol. The van der Waals surface area contributed by atoms with E-state index in [9.17, 15) is 18.0 Å². The highest BCUT2D eigenvalue weighted by atomic mass is 32.2. The first-order valence-corrected chi connectivity index (χ1v) is 9.82. The van der Waals surface area contributed by atoms with Gasteiger partial charge in [-0.05, 0) is 60.8 Å². The number of piperidine rings is 1. The maximum absolute atomic E-state index is 12.5. The van der Waals surface area contributed by atoms with Crippen LogP contribution in [0.2, 0.25) is 0 Å². The summed E-state index contributed by atoms with van der Waals surface area (Å²) in [5, 5.41) is -0.619. The van der Waals surface area contributed by atoms with Crippen LogP contribution in [0.5, 0.6) is 0 Å². The van der Waals surface area contributed by atoms with Gasteiger partial charge in [0.15, 0.2) is 9.84 Å². The Bertz CT molecular complexity index is 547. The molecule has 1 amide bonds. The van der Waals surface area contributed by atoms with E-state index in [2.05, 4.69) is 0 Å². The Labute approximate surface area is 139 Å². The van der Waals surface area contributed by atoms with Gasteiger partial charge in [0, 0.05) is 6.04 Å². The van der Waals surface area contributed by atoms with Gasteiger partial charge in [-0.15, -0.1) is 0 Å². The van der Waals surface area contributed by atoms with Crippen molar-refractivity contribution in [3.63, 3.8) is 0 Å². The van der Waals surface area contributed by atoms with Gasteiger partial charge < -0.3 is 9.64 Å². The van der Waals surface area contributed by atoms with Crippen molar-refractivity contribution in [2.24, 2.45) is 0 Å². The van der Waals surface area contributed by atoms with Gasteiger partial charge in [-0.3, -0.25) is 4.79 Å². The molecule has 0 aliphatic carbocycles. The van der Waals surface area contributed by atoms with Crippen molar-refractivity contribution in [1.82, 2.24) is 4.90 Å². The largest absolute Gasteiger partial charge is 0.458 e. The number of carbonyl (C=O) groups excluding carboxylic acids is 2. The topological polar surface area (TPSA) is 80.8 Å². The van der Waals surface area contributed by atoms with Crippen LogP contribution < -0.4 is 0 Å². The number of likely N-dealkylation sites (tertiary alicyclic amines) is 1. The summed E-state index contributed by atoms with van der Waals surface area (Å²) in [7, 11) is -3.50. The Morgan fingerprint density at radius 1 is 1.22 bits per heavy atom. The Morgan fingerprint density at radius 2 is 1.78 bits per heavy atom. The highest BCUT2D eigenvalue weighted by molar-refractivity contribution is 7.92. The first-order valence-electron chi connectivity index (χ1n) is 8.10. The van der Waals surface area contributed by atoms with Crippen molar-refractivity contribution in [2.75, 3.05) is 5.75 Å². The highest BCUT2D eigenvalue weighted by Crippen LogP contribution is 2.26. The lowest BCUT2D eigenvalue weighted by molar-refractivity contribution is -0.167. The van der Waals surface area contributed by atoms with Gasteiger partial charge in [0.1, 0.15) is 17.4 Å². The minimum atomic E-state index is -3.50. The Kier molecular flexibility index (Phi) is 6.24. The summed E-state index contributed by atoms with van der Waals surface area (Å²) in [4.78, 5) is 26.4. The van der Waals surface area contributed by atoms with Crippen LogP contribution in [0.4, 0.5) is 0 Å². The van der Waals surface area contributed by atoms with Gasteiger partial charge >= 0.3 is 5.97 Å². The van der Waals surface area contributed by atoms with Crippen molar-refractivity contribution in [3.05, 3.63) is 0 Å².